The van der Waals surface area contributed by atoms with Gasteiger partial charge in [0.25, 0.3) is 0 Å². The Morgan fingerprint density at radius 3 is 2.47 bits per heavy atom. The molecule has 0 amide bonds. The number of aliphatic hydroxyl groups is 4. The normalized spacial score (nSPS) is 32.9. The van der Waals surface area contributed by atoms with E-state index in [4.69, 9.17) is 14.2 Å². The first-order valence-corrected chi connectivity index (χ1v) is 10.2. The lowest BCUT2D eigenvalue weighted by Gasteiger charge is -2.46. The Kier molecular flexibility index (Phi) is 5.61. The molecule has 5 atom stereocenters. The molecule has 2 bridgehead atoms. The predicted molar refractivity (Wildman–Crippen MR) is 108 cm³/mol. The van der Waals surface area contributed by atoms with Gasteiger partial charge in [0.05, 0.1) is 19.8 Å². The van der Waals surface area contributed by atoms with Gasteiger partial charge < -0.3 is 34.6 Å². The molecule has 0 saturated carbocycles. The first-order chi connectivity index (χ1) is 14.3. The Bertz CT molecular complexity index is 899. The van der Waals surface area contributed by atoms with Crippen molar-refractivity contribution >= 4 is 0 Å². The van der Waals surface area contributed by atoms with Crippen molar-refractivity contribution in [3.8, 4) is 5.75 Å². The lowest BCUT2D eigenvalue weighted by molar-refractivity contribution is -0.329. The second-order valence-electron chi connectivity index (χ2n) is 8.06. The second kappa shape index (κ2) is 7.92. The molecule has 4 rings (SSSR count). The molecule has 2 aromatic rings. The highest BCUT2D eigenvalue weighted by atomic mass is 16.8. The van der Waals surface area contributed by atoms with Gasteiger partial charge in [0, 0.05) is 5.56 Å². The number of ether oxygens (including phenoxy) is 3. The summed E-state index contributed by atoms with van der Waals surface area (Å²) in [5, 5.41) is 41.2. The summed E-state index contributed by atoms with van der Waals surface area (Å²) in [6.07, 6.45) is -3.82. The number of hydrogen-bond donors (Lipinski definition) is 4. The van der Waals surface area contributed by atoms with Gasteiger partial charge in [-0.1, -0.05) is 24.3 Å². The molecule has 0 spiro atoms. The van der Waals surface area contributed by atoms with Crippen LogP contribution in [0.1, 0.15) is 29.2 Å². The molecule has 162 valence electrons. The van der Waals surface area contributed by atoms with E-state index in [0.29, 0.717) is 18.6 Å². The van der Waals surface area contributed by atoms with Crippen molar-refractivity contribution in [3.05, 3.63) is 64.7 Å². The van der Waals surface area contributed by atoms with Crippen LogP contribution in [0.15, 0.2) is 42.5 Å². The van der Waals surface area contributed by atoms with Crippen molar-refractivity contribution < 1.29 is 34.6 Å². The number of rotatable bonds is 6. The van der Waals surface area contributed by atoms with Crippen LogP contribution < -0.4 is 4.74 Å². The van der Waals surface area contributed by atoms with Crippen LogP contribution in [0.25, 0.3) is 0 Å². The third-order valence-corrected chi connectivity index (χ3v) is 6.11. The van der Waals surface area contributed by atoms with E-state index >= 15 is 0 Å². The molecule has 4 N–H and O–H groups in total. The van der Waals surface area contributed by atoms with Crippen LogP contribution >= 0.6 is 0 Å². The van der Waals surface area contributed by atoms with Gasteiger partial charge in [-0.05, 0) is 55.2 Å². The largest absolute Gasteiger partial charge is 0.494 e. The molecule has 2 heterocycles. The maximum Gasteiger partial charge on any atom is 0.225 e. The van der Waals surface area contributed by atoms with E-state index in [2.05, 4.69) is 0 Å². The van der Waals surface area contributed by atoms with E-state index in [1.54, 1.807) is 6.07 Å². The fraction of sp³-hybridized carbons (Fsp3) is 0.478. The monoisotopic (exact) mass is 416 g/mol. The molecule has 2 aliphatic heterocycles. The van der Waals surface area contributed by atoms with Crippen LogP contribution in [0.2, 0.25) is 0 Å². The minimum Gasteiger partial charge on any atom is -0.494 e. The van der Waals surface area contributed by atoms with Gasteiger partial charge in [-0.25, -0.2) is 0 Å². The first-order valence-electron chi connectivity index (χ1n) is 10.2. The molecular formula is C23H28O7. The standard InChI is InChI=1S/C23H28O7/c1-3-28-18-8-5-15(6-9-18)10-16-11-17(7-4-14(16)2)23-21(27)19(25)20(26)22(12-24,30-23)13-29-23/h4-9,11,19-21,24-27H,3,10,12-13H2,1-2H3/t19-,20-,21-,22-,23+/m0/s1. The van der Waals surface area contributed by atoms with E-state index in [-0.39, 0.29) is 6.61 Å². The van der Waals surface area contributed by atoms with Crippen LogP contribution in [0.4, 0.5) is 0 Å². The molecule has 30 heavy (non-hydrogen) atoms. The highest BCUT2D eigenvalue weighted by Crippen LogP contribution is 2.49. The Hall–Kier alpha value is -2.00. The van der Waals surface area contributed by atoms with E-state index < -0.39 is 36.3 Å². The molecule has 7 heteroatoms. The molecule has 2 aliphatic rings. The smallest absolute Gasteiger partial charge is 0.225 e. The van der Waals surface area contributed by atoms with Crippen molar-refractivity contribution in [2.45, 2.75) is 50.0 Å². The van der Waals surface area contributed by atoms with Gasteiger partial charge in [0.15, 0.2) is 0 Å². The van der Waals surface area contributed by atoms with Crippen molar-refractivity contribution in [1.29, 1.82) is 0 Å². The molecule has 0 unspecified atom stereocenters. The molecule has 0 aromatic heterocycles. The lowest BCUT2D eigenvalue weighted by atomic mass is 9.83. The van der Waals surface area contributed by atoms with Crippen LogP contribution in [0, 0.1) is 6.92 Å². The summed E-state index contributed by atoms with van der Waals surface area (Å²) in [5.41, 5.74) is 2.21. The van der Waals surface area contributed by atoms with Crippen LogP contribution in [-0.2, 0) is 21.7 Å². The van der Waals surface area contributed by atoms with Crippen molar-refractivity contribution in [2.24, 2.45) is 0 Å². The summed E-state index contributed by atoms with van der Waals surface area (Å²) < 4.78 is 17.2. The van der Waals surface area contributed by atoms with Gasteiger partial charge in [0.2, 0.25) is 5.79 Å². The van der Waals surface area contributed by atoms with Gasteiger partial charge in [-0.3, -0.25) is 0 Å². The zero-order valence-electron chi connectivity index (χ0n) is 17.1. The highest BCUT2D eigenvalue weighted by Gasteiger charge is 2.67. The Labute approximate surface area is 175 Å². The average molecular weight is 416 g/mol. The van der Waals surface area contributed by atoms with Gasteiger partial charge in [0.1, 0.15) is 29.7 Å². The number of hydrogen-bond acceptors (Lipinski definition) is 7. The molecule has 2 fully saturated rings. The van der Waals surface area contributed by atoms with Gasteiger partial charge >= 0.3 is 0 Å². The lowest BCUT2D eigenvalue weighted by Crippen LogP contribution is -2.65. The third-order valence-electron chi connectivity index (χ3n) is 6.11. The van der Waals surface area contributed by atoms with Gasteiger partial charge in [-0.15, -0.1) is 0 Å². The van der Waals surface area contributed by atoms with Crippen LogP contribution in [0.5, 0.6) is 5.75 Å². The maximum atomic E-state index is 10.7. The summed E-state index contributed by atoms with van der Waals surface area (Å²) in [7, 11) is 0. The van der Waals surface area contributed by atoms with E-state index in [1.165, 1.54) is 0 Å². The minimum atomic E-state index is -1.65. The number of aryl methyl sites for hydroxylation is 1. The summed E-state index contributed by atoms with van der Waals surface area (Å²) in [6.45, 7) is 3.87. The van der Waals surface area contributed by atoms with Crippen LogP contribution in [-0.4, -0.2) is 64.2 Å². The zero-order chi connectivity index (χ0) is 21.5. The highest BCUT2D eigenvalue weighted by molar-refractivity contribution is 5.39. The van der Waals surface area contributed by atoms with Crippen molar-refractivity contribution in [1.82, 2.24) is 0 Å². The minimum absolute atomic E-state index is 0.138. The summed E-state index contributed by atoms with van der Waals surface area (Å²) >= 11 is 0. The van der Waals surface area contributed by atoms with Crippen LogP contribution in [0.3, 0.4) is 0 Å². The third kappa shape index (κ3) is 3.32. The van der Waals surface area contributed by atoms with E-state index in [0.717, 1.165) is 22.4 Å². The Balaban J connectivity index is 1.66. The first kappa shape index (κ1) is 21.2. The van der Waals surface area contributed by atoms with Crippen molar-refractivity contribution in [3.63, 3.8) is 0 Å². The van der Waals surface area contributed by atoms with E-state index in [9.17, 15) is 20.4 Å². The van der Waals surface area contributed by atoms with E-state index in [1.807, 2.05) is 50.2 Å². The SMILES string of the molecule is CCOc1ccc(Cc2cc([C@@]34OC[C@](CO)(O3)[C@@H](O)[C@H](O)[C@@H]4O)ccc2C)cc1. The number of aliphatic hydroxyl groups excluding tert-OH is 4. The van der Waals surface area contributed by atoms with Crippen molar-refractivity contribution in [2.75, 3.05) is 19.8 Å². The summed E-state index contributed by atoms with van der Waals surface area (Å²) in [6, 6.07) is 13.4. The number of benzene rings is 2. The fourth-order valence-electron chi connectivity index (χ4n) is 4.24. The molecule has 2 saturated heterocycles. The second-order valence-corrected chi connectivity index (χ2v) is 8.06. The Morgan fingerprint density at radius 1 is 1.07 bits per heavy atom. The molecule has 7 nitrogen and oxygen atoms in total. The molecule has 0 radical (unpaired) electrons. The predicted octanol–water partition coefficient (Wildman–Crippen LogP) is 1.01. The number of fused-ring (bicyclic) bond motifs is 2. The average Bonchev–Trinajstić information content (AvgIpc) is 3.14. The Morgan fingerprint density at radius 2 is 1.80 bits per heavy atom. The molecular weight excluding hydrogens is 388 g/mol. The maximum absolute atomic E-state index is 10.7. The molecule has 2 aromatic carbocycles. The van der Waals surface area contributed by atoms with Gasteiger partial charge in [-0.2, -0.15) is 0 Å². The molecule has 0 aliphatic carbocycles. The summed E-state index contributed by atoms with van der Waals surface area (Å²) in [4.78, 5) is 0. The summed E-state index contributed by atoms with van der Waals surface area (Å²) in [5.74, 6) is -0.834. The topological polar surface area (TPSA) is 109 Å². The quantitative estimate of drug-likeness (QED) is 0.557. The fourth-order valence-corrected chi connectivity index (χ4v) is 4.24. The zero-order valence-corrected chi connectivity index (χ0v) is 17.1.